The lowest BCUT2D eigenvalue weighted by Crippen LogP contribution is -2.16. The van der Waals surface area contributed by atoms with Gasteiger partial charge in [-0.3, -0.25) is 9.48 Å². The highest BCUT2D eigenvalue weighted by molar-refractivity contribution is 7.09. The normalized spacial score (nSPS) is 18.8. The molecule has 1 amide bonds. The fourth-order valence-electron chi connectivity index (χ4n) is 3.95. The zero-order valence-corrected chi connectivity index (χ0v) is 18.3. The largest absolute Gasteiger partial charge is 0.443 e. The minimum Gasteiger partial charge on any atom is -0.383 e. The van der Waals surface area contributed by atoms with Crippen molar-refractivity contribution in [2.24, 2.45) is 7.05 Å². The number of nitrogens with one attached hydrogen (secondary N) is 1. The second-order valence-corrected chi connectivity index (χ2v) is 8.90. The fourth-order valence-corrected chi connectivity index (χ4v) is 4.90. The lowest BCUT2D eigenvalue weighted by molar-refractivity contribution is -0.137. The quantitative estimate of drug-likeness (QED) is 0.471. The topological polar surface area (TPSA) is 85.8 Å². The molecule has 0 spiro atoms. The number of halogens is 5. The van der Waals surface area contributed by atoms with Crippen molar-refractivity contribution in [3.05, 3.63) is 56.4 Å². The molecule has 1 fully saturated rings. The minimum absolute atomic E-state index is 0.137. The number of aromatic nitrogens is 3. The van der Waals surface area contributed by atoms with Crippen LogP contribution >= 0.6 is 22.9 Å². The van der Waals surface area contributed by atoms with E-state index in [1.807, 2.05) is 0 Å². The van der Waals surface area contributed by atoms with Gasteiger partial charge in [-0.25, -0.2) is 9.37 Å². The van der Waals surface area contributed by atoms with Gasteiger partial charge in [-0.2, -0.15) is 18.3 Å². The van der Waals surface area contributed by atoms with Crippen LogP contribution in [0.4, 0.5) is 29.1 Å². The SMILES string of the molecule is Cn1nc(C2CCC(c3csc(C(F)(F)F)n3)C2)c(C(=O)Nc2ccc(F)c(Cl)c2)c1N. The van der Waals surface area contributed by atoms with E-state index in [4.69, 9.17) is 17.3 Å². The average molecular weight is 488 g/mol. The molecule has 6 nitrogen and oxygen atoms in total. The Labute approximate surface area is 189 Å². The summed E-state index contributed by atoms with van der Waals surface area (Å²) < 4.78 is 53.5. The van der Waals surface area contributed by atoms with Crippen molar-refractivity contribution < 1.29 is 22.4 Å². The van der Waals surface area contributed by atoms with E-state index in [0.29, 0.717) is 47.7 Å². The molecule has 1 saturated carbocycles. The maximum Gasteiger partial charge on any atom is 0.443 e. The van der Waals surface area contributed by atoms with E-state index in [9.17, 15) is 22.4 Å². The van der Waals surface area contributed by atoms with Crippen LogP contribution in [0.1, 0.15) is 57.9 Å². The molecule has 1 aromatic carbocycles. The van der Waals surface area contributed by atoms with Crippen LogP contribution in [0.3, 0.4) is 0 Å². The molecule has 1 aliphatic carbocycles. The van der Waals surface area contributed by atoms with Crippen LogP contribution in [-0.2, 0) is 13.2 Å². The van der Waals surface area contributed by atoms with Gasteiger partial charge in [0.15, 0.2) is 5.01 Å². The Balaban J connectivity index is 1.56. The van der Waals surface area contributed by atoms with Crippen molar-refractivity contribution in [3.63, 3.8) is 0 Å². The molecule has 3 N–H and O–H groups in total. The Hall–Kier alpha value is -2.66. The number of aryl methyl sites for hydroxylation is 1. The van der Waals surface area contributed by atoms with Crippen LogP contribution in [0, 0.1) is 5.82 Å². The summed E-state index contributed by atoms with van der Waals surface area (Å²) in [5, 5.41) is 7.49. The predicted molar refractivity (Wildman–Crippen MR) is 113 cm³/mol. The number of carbonyl (C=O) groups is 1. The molecule has 0 bridgehead atoms. The number of nitrogens with zero attached hydrogens (tertiary/aromatic N) is 3. The Bertz CT molecular complexity index is 1180. The number of hydrogen-bond donors (Lipinski definition) is 2. The number of anilines is 2. The highest BCUT2D eigenvalue weighted by Gasteiger charge is 2.38. The van der Waals surface area contributed by atoms with Gasteiger partial charge in [0, 0.05) is 30.0 Å². The van der Waals surface area contributed by atoms with E-state index in [1.165, 1.54) is 22.2 Å². The van der Waals surface area contributed by atoms with E-state index >= 15 is 0 Å². The predicted octanol–water partition coefficient (Wildman–Crippen LogP) is 5.57. The number of nitrogens with two attached hydrogens (primary N) is 1. The molecule has 2 heterocycles. The summed E-state index contributed by atoms with van der Waals surface area (Å²) in [6.45, 7) is 0. The maximum atomic E-state index is 13.4. The first-order valence-corrected chi connectivity index (χ1v) is 10.9. The second-order valence-electron chi connectivity index (χ2n) is 7.63. The number of carbonyl (C=O) groups excluding carboxylic acids is 1. The third-order valence-corrected chi connectivity index (χ3v) is 6.72. The average Bonchev–Trinajstić information content (AvgIpc) is 3.43. The smallest absolute Gasteiger partial charge is 0.383 e. The van der Waals surface area contributed by atoms with Gasteiger partial charge < -0.3 is 11.1 Å². The highest BCUT2D eigenvalue weighted by Crippen LogP contribution is 2.46. The molecule has 1 aliphatic rings. The van der Waals surface area contributed by atoms with Crippen LogP contribution in [0.5, 0.6) is 0 Å². The van der Waals surface area contributed by atoms with E-state index in [0.717, 1.165) is 6.07 Å². The first kappa shape index (κ1) is 22.5. The number of alkyl halides is 3. The van der Waals surface area contributed by atoms with Crippen molar-refractivity contribution in [2.45, 2.75) is 37.3 Å². The van der Waals surface area contributed by atoms with Crippen LogP contribution in [0.25, 0.3) is 0 Å². The van der Waals surface area contributed by atoms with Crippen molar-refractivity contribution >= 4 is 40.4 Å². The summed E-state index contributed by atoms with van der Waals surface area (Å²) in [6.07, 6.45) is -2.72. The van der Waals surface area contributed by atoms with E-state index in [1.54, 1.807) is 7.05 Å². The first-order valence-electron chi connectivity index (χ1n) is 9.66. The van der Waals surface area contributed by atoms with Crippen molar-refractivity contribution in [1.82, 2.24) is 14.8 Å². The van der Waals surface area contributed by atoms with Gasteiger partial charge in [0.25, 0.3) is 5.91 Å². The summed E-state index contributed by atoms with van der Waals surface area (Å²) >= 11 is 6.36. The van der Waals surface area contributed by atoms with Crippen LogP contribution in [0.2, 0.25) is 5.02 Å². The molecule has 12 heteroatoms. The van der Waals surface area contributed by atoms with Gasteiger partial charge in [0.05, 0.1) is 16.4 Å². The fraction of sp³-hybridized carbons (Fsp3) is 0.350. The monoisotopic (exact) mass is 487 g/mol. The molecule has 0 aliphatic heterocycles. The van der Waals surface area contributed by atoms with Gasteiger partial charge >= 0.3 is 6.18 Å². The van der Waals surface area contributed by atoms with Crippen LogP contribution in [-0.4, -0.2) is 20.7 Å². The zero-order valence-electron chi connectivity index (χ0n) is 16.7. The van der Waals surface area contributed by atoms with Gasteiger partial charge in [0.1, 0.15) is 17.2 Å². The van der Waals surface area contributed by atoms with Gasteiger partial charge in [-0.15, -0.1) is 11.3 Å². The molecule has 2 aromatic heterocycles. The Morgan fingerprint density at radius 3 is 2.69 bits per heavy atom. The standard InChI is InChI=1S/C20H18ClF4N5OS/c1-30-17(26)15(18(31)27-11-4-5-13(22)12(21)7-11)16(29-30)10-3-2-9(6-10)14-8-32-19(28-14)20(23,24)25/h4-5,7-10H,2-3,6,26H2,1H3,(H,27,31). The van der Waals surface area contributed by atoms with Gasteiger partial charge in [-0.1, -0.05) is 11.6 Å². The molecule has 4 rings (SSSR count). The van der Waals surface area contributed by atoms with Gasteiger partial charge in [-0.05, 0) is 37.5 Å². The van der Waals surface area contributed by atoms with Crippen molar-refractivity contribution in [1.29, 1.82) is 0 Å². The van der Waals surface area contributed by atoms with E-state index < -0.39 is 22.9 Å². The third kappa shape index (κ3) is 4.31. The second kappa shape index (κ2) is 8.36. The van der Waals surface area contributed by atoms with Crippen molar-refractivity contribution in [2.75, 3.05) is 11.1 Å². The molecule has 3 aromatic rings. The van der Waals surface area contributed by atoms with E-state index in [-0.39, 0.29) is 28.2 Å². The first-order chi connectivity index (χ1) is 15.0. The van der Waals surface area contributed by atoms with E-state index in [2.05, 4.69) is 15.4 Å². The lowest BCUT2D eigenvalue weighted by atomic mass is 9.97. The highest BCUT2D eigenvalue weighted by atomic mass is 35.5. The summed E-state index contributed by atoms with van der Waals surface area (Å²) in [4.78, 5) is 16.7. The van der Waals surface area contributed by atoms with Crippen LogP contribution in [0.15, 0.2) is 23.6 Å². The number of benzene rings is 1. The number of amides is 1. The third-order valence-electron chi connectivity index (χ3n) is 5.53. The Morgan fingerprint density at radius 1 is 1.31 bits per heavy atom. The Kier molecular flexibility index (Phi) is 5.89. The molecular formula is C20H18ClF4N5OS. The van der Waals surface area contributed by atoms with Gasteiger partial charge in [0.2, 0.25) is 0 Å². The summed E-state index contributed by atoms with van der Waals surface area (Å²) in [6, 6.07) is 3.79. The number of nitrogen functional groups attached to an aromatic ring is 1. The lowest BCUT2D eigenvalue weighted by Gasteiger charge is -2.11. The molecule has 2 atom stereocenters. The van der Waals surface area contributed by atoms with Crippen molar-refractivity contribution in [3.8, 4) is 0 Å². The summed E-state index contributed by atoms with van der Waals surface area (Å²) in [5.41, 5.74) is 7.46. The number of hydrogen-bond acceptors (Lipinski definition) is 5. The molecule has 0 saturated heterocycles. The molecule has 0 radical (unpaired) electrons. The molecule has 170 valence electrons. The molecule has 2 unspecified atom stereocenters. The summed E-state index contributed by atoms with van der Waals surface area (Å²) in [7, 11) is 1.60. The number of thiazole rings is 1. The molecule has 32 heavy (non-hydrogen) atoms. The number of rotatable bonds is 4. The Morgan fingerprint density at radius 2 is 2.03 bits per heavy atom. The maximum absolute atomic E-state index is 13.4. The zero-order chi connectivity index (χ0) is 23.2. The summed E-state index contributed by atoms with van der Waals surface area (Å²) in [5.74, 6) is -1.31. The van der Waals surface area contributed by atoms with Crippen LogP contribution < -0.4 is 11.1 Å². The molecular weight excluding hydrogens is 470 g/mol. The minimum atomic E-state index is -4.47.